The second-order valence-electron chi connectivity index (χ2n) is 6.09. The van der Waals surface area contributed by atoms with Crippen LogP contribution in [0, 0.1) is 0 Å². The smallest absolute Gasteiger partial charge is 0.350 e. The number of anilines is 2. The van der Waals surface area contributed by atoms with Crippen molar-refractivity contribution in [2.75, 3.05) is 17.7 Å². The molecule has 2 N–H and O–H groups in total. The van der Waals surface area contributed by atoms with E-state index >= 15 is 0 Å². The van der Waals surface area contributed by atoms with Crippen LogP contribution in [0.2, 0.25) is 0 Å². The molecule has 0 radical (unpaired) electrons. The second-order valence-corrected chi connectivity index (χ2v) is 6.09. The summed E-state index contributed by atoms with van der Waals surface area (Å²) in [5.41, 5.74) is 0.833. The standard InChI is InChI=1S/C18H22N2O6/c1-5-6-15(21)20-13-8-7-11(9-14(13)24-4)19-10-12-16(22)25-18(2,3)26-17(12)23/h7-10,19H,5-6H2,1-4H3,(H,20,21). The van der Waals surface area contributed by atoms with Gasteiger partial charge in [0, 0.05) is 38.2 Å². The quantitative estimate of drug-likeness (QED) is 0.455. The van der Waals surface area contributed by atoms with Gasteiger partial charge in [0.2, 0.25) is 5.91 Å². The van der Waals surface area contributed by atoms with Gasteiger partial charge < -0.3 is 24.8 Å². The summed E-state index contributed by atoms with van der Waals surface area (Å²) < 4.78 is 15.3. The maximum absolute atomic E-state index is 11.9. The molecule has 0 aliphatic carbocycles. The van der Waals surface area contributed by atoms with Gasteiger partial charge in [0.05, 0.1) is 12.8 Å². The number of hydrogen-bond acceptors (Lipinski definition) is 7. The first-order valence-corrected chi connectivity index (χ1v) is 8.17. The minimum Gasteiger partial charge on any atom is -0.494 e. The fourth-order valence-corrected chi connectivity index (χ4v) is 2.26. The lowest BCUT2D eigenvalue weighted by Gasteiger charge is -2.29. The molecule has 1 aliphatic rings. The van der Waals surface area contributed by atoms with E-state index in [0.29, 0.717) is 23.5 Å². The number of methoxy groups -OCH3 is 1. The van der Waals surface area contributed by atoms with Crippen molar-refractivity contribution in [3.63, 3.8) is 0 Å². The predicted octanol–water partition coefficient (Wildman–Crippen LogP) is 2.57. The highest BCUT2D eigenvalue weighted by Crippen LogP contribution is 2.29. The number of benzene rings is 1. The van der Waals surface area contributed by atoms with Crippen LogP contribution in [0.5, 0.6) is 5.75 Å². The molecule has 26 heavy (non-hydrogen) atoms. The van der Waals surface area contributed by atoms with Gasteiger partial charge in [-0.25, -0.2) is 9.59 Å². The molecule has 1 aromatic carbocycles. The van der Waals surface area contributed by atoms with E-state index in [0.717, 1.165) is 6.42 Å². The normalized spacial score (nSPS) is 15.6. The van der Waals surface area contributed by atoms with Crippen molar-refractivity contribution in [3.05, 3.63) is 30.0 Å². The molecule has 0 atom stereocenters. The molecule has 0 saturated carbocycles. The summed E-state index contributed by atoms with van der Waals surface area (Å²) in [4.78, 5) is 35.5. The van der Waals surface area contributed by atoms with Crippen LogP contribution >= 0.6 is 0 Å². The Bertz CT molecular complexity index is 732. The van der Waals surface area contributed by atoms with E-state index in [4.69, 9.17) is 14.2 Å². The second kappa shape index (κ2) is 7.90. The Hall–Kier alpha value is -3.03. The summed E-state index contributed by atoms with van der Waals surface area (Å²) in [7, 11) is 1.48. The summed E-state index contributed by atoms with van der Waals surface area (Å²) >= 11 is 0. The van der Waals surface area contributed by atoms with Crippen LogP contribution in [0.15, 0.2) is 30.0 Å². The van der Waals surface area contributed by atoms with Crippen LogP contribution < -0.4 is 15.4 Å². The van der Waals surface area contributed by atoms with Crippen molar-refractivity contribution in [1.29, 1.82) is 0 Å². The Morgan fingerprint density at radius 3 is 2.46 bits per heavy atom. The molecule has 0 bridgehead atoms. The van der Waals surface area contributed by atoms with Crippen LogP contribution in [0.3, 0.4) is 0 Å². The molecular formula is C18H22N2O6. The van der Waals surface area contributed by atoms with Crippen molar-refractivity contribution in [2.45, 2.75) is 39.4 Å². The predicted molar refractivity (Wildman–Crippen MR) is 94.5 cm³/mol. The molecule has 1 fully saturated rings. The molecule has 8 heteroatoms. The third-order valence-electron chi connectivity index (χ3n) is 3.45. The molecule has 0 spiro atoms. The van der Waals surface area contributed by atoms with E-state index < -0.39 is 17.7 Å². The van der Waals surface area contributed by atoms with E-state index in [9.17, 15) is 14.4 Å². The number of nitrogens with one attached hydrogen (secondary N) is 2. The number of esters is 2. The van der Waals surface area contributed by atoms with Crippen molar-refractivity contribution >= 4 is 29.2 Å². The third-order valence-corrected chi connectivity index (χ3v) is 3.45. The lowest BCUT2D eigenvalue weighted by molar-refractivity contribution is -0.222. The van der Waals surface area contributed by atoms with Crippen molar-refractivity contribution in [3.8, 4) is 5.75 Å². The van der Waals surface area contributed by atoms with Gasteiger partial charge in [0.25, 0.3) is 5.79 Å². The minimum atomic E-state index is -1.28. The summed E-state index contributed by atoms with van der Waals surface area (Å²) in [6.07, 6.45) is 2.37. The number of rotatable bonds is 6. The summed E-state index contributed by atoms with van der Waals surface area (Å²) in [6, 6.07) is 4.96. The molecule has 140 valence electrons. The van der Waals surface area contributed by atoms with Crippen molar-refractivity contribution < 1.29 is 28.6 Å². The van der Waals surface area contributed by atoms with Gasteiger partial charge in [-0.2, -0.15) is 0 Å². The number of carbonyl (C=O) groups excluding carboxylic acids is 3. The summed E-state index contributed by atoms with van der Waals surface area (Å²) in [6.45, 7) is 4.87. The number of carbonyl (C=O) groups is 3. The number of hydrogen-bond donors (Lipinski definition) is 2. The minimum absolute atomic E-state index is 0.107. The maximum Gasteiger partial charge on any atom is 0.350 e. The summed E-state index contributed by atoms with van der Waals surface area (Å²) in [5.74, 6) is -2.49. The largest absolute Gasteiger partial charge is 0.494 e. The van der Waals surface area contributed by atoms with Gasteiger partial charge >= 0.3 is 11.9 Å². The molecule has 0 unspecified atom stereocenters. The van der Waals surface area contributed by atoms with Gasteiger partial charge in [-0.05, 0) is 18.6 Å². The zero-order valence-electron chi connectivity index (χ0n) is 15.2. The first kappa shape index (κ1) is 19.3. The number of ether oxygens (including phenoxy) is 3. The Balaban J connectivity index is 2.14. The fourth-order valence-electron chi connectivity index (χ4n) is 2.26. The average molecular weight is 362 g/mol. The molecular weight excluding hydrogens is 340 g/mol. The van der Waals surface area contributed by atoms with Crippen LogP contribution in [0.1, 0.15) is 33.6 Å². The van der Waals surface area contributed by atoms with Gasteiger partial charge in [0.15, 0.2) is 5.57 Å². The first-order chi connectivity index (χ1) is 12.3. The van der Waals surface area contributed by atoms with Gasteiger partial charge in [-0.15, -0.1) is 0 Å². The van der Waals surface area contributed by atoms with Gasteiger partial charge in [-0.1, -0.05) is 6.92 Å². The zero-order chi connectivity index (χ0) is 19.3. The number of cyclic esters (lactones) is 2. The fraction of sp³-hybridized carbons (Fsp3) is 0.389. The van der Waals surface area contributed by atoms with Crippen molar-refractivity contribution in [1.82, 2.24) is 0 Å². The zero-order valence-corrected chi connectivity index (χ0v) is 15.2. The van der Waals surface area contributed by atoms with Crippen LogP contribution in [-0.4, -0.2) is 30.7 Å². The Morgan fingerprint density at radius 2 is 1.88 bits per heavy atom. The Labute approximate surface area is 151 Å². The number of amides is 1. The Kier molecular flexibility index (Phi) is 5.86. The van der Waals surface area contributed by atoms with Gasteiger partial charge in [-0.3, -0.25) is 4.79 Å². The van der Waals surface area contributed by atoms with Crippen molar-refractivity contribution in [2.24, 2.45) is 0 Å². The van der Waals surface area contributed by atoms with Crippen LogP contribution in [0.25, 0.3) is 0 Å². The molecule has 0 aromatic heterocycles. The molecule has 2 rings (SSSR count). The van der Waals surface area contributed by atoms with E-state index in [1.165, 1.54) is 27.2 Å². The molecule has 8 nitrogen and oxygen atoms in total. The van der Waals surface area contributed by atoms with E-state index in [2.05, 4.69) is 10.6 Å². The van der Waals surface area contributed by atoms with Crippen LogP contribution in [0.4, 0.5) is 11.4 Å². The third kappa shape index (κ3) is 4.75. The monoisotopic (exact) mass is 362 g/mol. The summed E-state index contributed by atoms with van der Waals surface area (Å²) in [5, 5.41) is 5.59. The lowest BCUT2D eigenvalue weighted by atomic mass is 10.2. The average Bonchev–Trinajstić information content (AvgIpc) is 2.54. The Morgan fingerprint density at radius 1 is 1.23 bits per heavy atom. The SMILES string of the molecule is CCCC(=O)Nc1ccc(NC=C2C(=O)OC(C)(C)OC2=O)cc1OC. The van der Waals surface area contributed by atoms with E-state index in [1.807, 2.05) is 6.92 Å². The highest BCUT2D eigenvalue weighted by molar-refractivity contribution is 6.15. The molecule has 1 saturated heterocycles. The molecule has 1 heterocycles. The highest BCUT2D eigenvalue weighted by Gasteiger charge is 2.38. The van der Waals surface area contributed by atoms with E-state index in [1.54, 1.807) is 18.2 Å². The first-order valence-electron chi connectivity index (χ1n) is 8.17. The molecule has 1 amide bonds. The van der Waals surface area contributed by atoms with Gasteiger partial charge in [0.1, 0.15) is 5.75 Å². The molecule has 1 aliphatic heterocycles. The van der Waals surface area contributed by atoms with E-state index in [-0.39, 0.29) is 11.5 Å². The molecule has 1 aromatic rings. The lowest BCUT2D eigenvalue weighted by Crippen LogP contribution is -2.42. The highest BCUT2D eigenvalue weighted by atomic mass is 16.7. The maximum atomic E-state index is 11.9. The van der Waals surface area contributed by atoms with Crippen LogP contribution in [-0.2, 0) is 23.9 Å². The topological polar surface area (TPSA) is 103 Å².